The van der Waals surface area contributed by atoms with Crippen molar-refractivity contribution in [2.75, 3.05) is 5.32 Å². The third-order valence-electron chi connectivity index (χ3n) is 2.87. The molecule has 0 spiro atoms. The van der Waals surface area contributed by atoms with Crippen molar-refractivity contribution < 1.29 is 8.78 Å². The first-order chi connectivity index (χ1) is 8.58. The Bertz CT molecular complexity index is 568. The van der Waals surface area contributed by atoms with Crippen LogP contribution in [0, 0.1) is 25.5 Å². The topological polar surface area (TPSA) is 24.9 Å². The fourth-order valence-electron chi connectivity index (χ4n) is 1.65. The zero-order valence-electron chi connectivity index (χ0n) is 10.3. The smallest absolute Gasteiger partial charge is 0.146 e. The van der Waals surface area contributed by atoms with E-state index in [1.54, 1.807) is 12.4 Å². The quantitative estimate of drug-likeness (QED) is 0.897. The summed E-state index contributed by atoms with van der Waals surface area (Å²) in [7, 11) is 0. The first-order valence-corrected chi connectivity index (χ1v) is 5.67. The molecule has 18 heavy (non-hydrogen) atoms. The lowest BCUT2D eigenvalue weighted by Gasteiger charge is -2.10. The van der Waals surface area contributed by atoms with E-state index in [0.29, 0.717) is 12.1 Å². The molecule has 0 radical (unpaired) electrons. The van der Waals surface area contributed by atoms with E-state index in [9.17, 15) is 8.78 Å². The van der Waals surface area contributed by atoms with Crippen LogP contribution in [-0.2, 0) is 6.54 Å². The number of benzene rings is 1. The largest absolute Gasteiger partial charge is 0.378 e. The van der Waals surface area contributed by atoms with E-state index >= 15 is 0 Å². The van der Waals surface area contributed by atoms with Gasteiger partial charge in [-0.3, -0.25) is 4.98 Å². The molecule has 2 aromatic rings. The van der Waals surface area contributed by atoms with Crippen LogP contribution in [0.3, 0.4) is 0 Å². The van der Waals surface area contributed by atoms with Gasteiger partial charge in [0.25, 0.3) is 0 Å². The number of nitrogens with zero attached hydrogens (tertiary/aromatic N) is 1. The Labute approximate surface area is 105 Å². The zero-order valence-corrected chi connectivity index (χ0v) is 10.3. The third kappa shape index (κ3) is 2.64. The molecule has 2 rings (SSSR count). The molecule has 1 aromatic carbocycles. The summed E-state index contributed by atoms with van der Waals surface area (Å²) >= 11 is 0. The molecular formula is C14H14F2N2. The van der Waals surface area contributed by atoms with Crippen molar-refractivity contribution in [1.29, 1.82) is 0 Å². The monoisotopic (exact) mass is 248 g/mol. The summed E-state index contributed by atoms with van der Waals surface area (Å²) in [5, 5.41) is 2.88. The van der Waals surface area contributed by atoms with Crippen LogP contribution in [0.1, 0.15) is 16.7 Å². The highest BCUT2D eigenvalue weighted by molar-refractivity contribution is 5.47. The maximum absolute atomic E-state index is 13.6. The van der Waals surface area contributed by atoms with Gasteiger partial charge in [0.15, 0.2) is 0 Å². The number of halogens is 2. The summed E-state index contributed by atoms with van der Waals surface area (Å²) in [5.41, 5.74) is 2.49. The van der Waals surface area contributed by atoms with Gasteiger partial charge >= 0.3 is 0 Å². The number of anilines is 1. The predicted octanol–water partition coefficient (Wildman–Crippen LogP) is 3.59. The van der Waals surface area contributed by atoms with Gasteiger partial charge in [0.1, 0.15) is 11.6 Å². The maximum atomic E-state index is 13.6. The van der Waals surface area contributed by atoms with Crippen LogP contribution in [0.4, 0.5) is 14.5 Å². The van der Waals surface area contributed by atoms with Crippen LogP contribution in [0.15, 0.2) is 30.6 Å². The molecule has 0 aliphatic heterocycles. The standard InChI is InChI=1S/C14H14F2N2/c1-9-3-4-17-7-11(9)8-18-14-6-12(15)10(2)5-13(14)16/h3-7,18H,8H2,1-2H3. The van der Waals surface area contributed by atoms with Crippen LogP contribution in [0.25, 0.3) is 0 Å². The summed E-state index contributed by atoms with van der Waals surface area (Å²) in [5.74, 6) is -0.864. The number of hydrogen-bond acceptors (Lipinski definition) is 2. The van der Waals surface area contributed by atoms with E-state index in [0.717, 1.165) is 11.1 Å². The molecule has 1 heterocycles. The van der Waals surface area contributed by atoms with Crippen molar-refractivity contribution >= 4 is 5.69 Å². The first-order valence-electron chi connectivity index (χ1n) is 5.67. The number of nitrogens with one attached hydrogen (secondary N) is 1. The fourth-order valence-corrected chi connectivity index (χ4v) is 1.65. The summed E-state index contributed by atoms with van der Waals surface area (Å²) < 4.78 is 26.9. The van der Waals surface area contributed by atoms with Crippen molar-refractivity contribution in [3.63, 3.8) is 0 Å². The molecule has 0 saturated heterocycles. The molecule has 2 nitrogen and oxygen atoms in total. The molecule has 1 N–H and O–H groups in total. The molecule has 0 atom stereocenters. The van der Waals surface area contributed by atoms with Crippen LogP contribution in [0.2, 0.25) is 0 Å². The number of rotatable bonds is 3. The number of pyridine rings is 1. The van der Waals surface area contributed by atoms with E-state index in [-0.39, 0.29) is 5.69 Å². The molecule has 0 amide bonds. The molecule has 4 heteroatoms. The molecule has 0 aliphatic carbocycles. The van der Waals surface area contributed by atoms with Gasteiger partial charge in [-0.1, -0.05) is 0 Å². The van der Waals surface area contributed by atoms with Gasteiger partial charge in [0, 0.05) is 25.0 Å². The molecule has 0 fully saturated rings. The lowest BCUT2D eigenvalue weighted by molar-refractivity contribution is 0.594. The summed E-state index contributed by atoms with van der Waals surface area (Å²) in [6, 6.07) is 4.24. The normalized spacial score (nSPS) is 10.4. The van der Waals surface area contributed by atoms with E-state index < -0.39 is 11.6 Å². The summed E-state index contributed by atoms with van der Waals surface area (Å²) in [6.07, 6.45) is 3.41. The van der Waals surface area contributed by atoms with Gasteiger partial charge in [0.2, 0.25) is 0 Å². The van der Waals surface area contributed by atoms with Crippen LogP contribution < -0.4 is 5.32 Å². The highest BCUT2D eigenvalue weighted by Gasteiger charge is 2.07. The second kappa shape index (κ2) is 5.12. The lowest BCUT2D eigenvalue weighted by atomic mass is 10.1. The Balaban J connectivity index is 2.16. The van der Waals surface area contributed by atoms with Gasteiger partial charge in [-0.25, -0.2) is 8.78 Å². The van der Waals surface area contributed by atoms with Crippen molar-refractivity contribution in [3.05, 3.63) is 58.9 Å². The molecule has 94 valence electrons. The van der Waals surface area contributed by atoms with E-state index in [1.165, 1.54) is 19.1 Å². The van der Waals surface area contributed by atoms with E-state index in [1.807, 2.05) is 13.0 Å². The molecule has 0 saturated carbocycles. The van der Waals surface area contributed by atoms with Crippen molar-refractivity contribution in [2.24, 2.45) is 0 Å². The highest BCUT2D eigenvalue weighted by atomic mass is 19.1. The Hall–Kier alpha value is -1.97. The van der Waals surface area contributed by atoms with Crippen molar-refractivity contribution in [2.45, 2.75) is 20.4 Å². The Morgan fingerprint density at radius 3 is 2.61 bits per heavy atom. The van der Waals surface area contributed by atoms with Crippen molar-refractivity contribution in [3.8, 4) is 0 Å². The first kappa shape index (κ1) is 12.5. The summed E-state index contributed by atoms with van der Waals surface area (Å²) in [4.78, 5) is 4.00. The molecule has 0 aliphatic rings. The van der Waals surface area contributed by atoms with Gasteiger partial charge in [0.05, 0.1) is 5.69 Å². The zero-order chi connectivity index (χ0) is 13.1. The minimum absolute atomic E-state index is 0.168. The van der Waals surface area contributed by atoms with E-state index in [2.05, 4.69) is 10.3 Å². The Morgan fingerprint density at radius 2 is 1.89 bits per heavy atom. The van der Waals surface area contributed by atoms with Gasteiger partial charge in [-0.15, -0.1) is 0 Å². The van der Waals surface area contributed by atoms with Gasteiger partial charge < -0.3 is 5.32 Å². The third-order valence-corrected chi connectivity index (χ3v) is 2.87. The SMILES string of the molecule is Cc1cc(F)c(NCc2cnccc2C)cc1F. The van der Waals surface area contributed by atoms with Gasteiger partial charge in [-0.05, 0) is 42.7 Å². The maximum Gasteiger partial charge on any atom is 0.146 e. The minimum atomic E-state index is -0.449. The van der Waals surface area contributed by atoms with Crippen LogP contribution in [-0.4, -0.2) is 4.98 Å². The Kier molecular flexibility index (Phi) is 3.55. The van der Waals surface area contributed by atoms with Gasteiger partial charge in [-0.2, -0.15) is 0 Å². The van der Waals surface area contributed by atoms with Crippen LogP contribution >= 0.6 is 0 Å². The summed E-state index contributed by atoms with van der Waals surface area (Å²) in [6.45, 7) is 3.90. The van der Waals surface area contributed by atoms with Crippen molar-refractivity contribution in [1.82, 2.24) is 4.98 Å². The minimum Gasteiger partial charge on any atom is -0.378 e. The van der Waals surface area contributed by atoms with Crippen LogP contribution in [0.5, 0.6) is 0 Å². The number of aromatic nitrogens is 1. The van der Waals surface area contributed by atoms with E-state index in [4.69, 9.17) is 0 Å². The molecule has 1 aromatic heterocycles. The highest BCUT2D eigenvalue weighted by Crippen LogP contribution is 2.19. The molecule has 0 bridgehead atoms. The average Bonchev–Trinajstić information content (AvgIpc) is 2.34. The number of aryl methyl sites for hydroxylation is 2. The Morgan fingerprint density at radius 1 is 1.11 bits per heavy atom. The lowest BCUT2D eigenvalue weighted by Crippen LogP contribution is -2.04. The second-order valence-corrected chi connectivity index (χ2v) is 4.24. The molecule has 0 unspecified atom stereocenters. The number of hydrogen-bond donors (Lipinski definition) is 1. The predicted molar refractivity (Wildman–Crippen MR) is 67.4 cm³/mol. The average molecular weight is 248 g/mol. The second-order valence-electron chi connectivity index (χ2n) is 4.24. The fraction of sp³-hybridized carbons (Fsp3) is 0.214. The molecular weight excluding hydrogens is 234 g/mol.